The van der Waals surface area contributed by atoms with Crippen LogP contribution in [0.2, 0.25) is 0 Å². The first-order chi connectivity index (χ1) is 13.1. The number of anilines is 1. The Morgan fingerprint density at radius 1 is 0.926 bits per heavy atom. The predicted octanol–water partition coefficient (Wildman–Crippen LogP) is 4.10. The van der Waals surface area contributed by atoms with Crippen LogP contribution in [0, 0.1) is 6.92 Å². The van der Waals surface area contributed by atoms with Crippen LogP contribution in [0.25, 0.3) is 10.8 Å². The lowest BCUT2D eigenvalue weighted by Crippen LogP contribution is -2.21. The number of hydrogen-bond donors (Lipinski definition) is 1. The topological polar surface area (TPSA) is 64.6 Å². The van der Waals surface area contributed by atoms with Gasteiger partial charge in [0.2, 0.25) is 0 Å². The van der Waals surface area contributed by atoms with Crippen LogP contribution in [-0.4, -0.2) is 25.1 Å². The average molecular weight is 363 g/mol. The highest BCUT2D eigenvalue weighted by Gasteiger charge is 2.10. The largest absolute Gasteiger partial charge is 0.493 e. The van der Waals surface area contributed by atoms with E-state index in [0.29, 0.717) is 5.69 Å². The Bertz CT molecular complexity index is 946. The Labute approximate surface area is 157 Å². The molecule has 0 bridgehead atoms. The Kier molecular flexibility index (Phi) is 6.05. The third-order valence-electron chi connectivity index (χ3n) is 4.09. The molecule has 0 saturated heterocycles. The van der Waals surface area contributed by atoms with Gasteiger partial charge in [0.05, 0.1) is 13.0 Å². The number of benzene rings is 3. The molecule has 0 aromatic heterocycles. The maximum absolute atomic E-state index is 12.1. The van der Waals surface area contributed by atoms with Gasteiger partial charge in [-0.1, -0.05) is 54.6 Å². The van der Waals surface area contributed by atoms with E-state index < -0.39 is 5.97 Å². The monoisotopic (exact) mass is 363 g/mol. The highest BCUT2D eigenvalue weighted by atomic mass is 16.5. The summed E-state index contributed by atoms with van der Waals surface area (Å²) >= 11 is 0. The van der Waals surface area contributed by atoms with Gasteiger partial charge in [0.15, 0.2) is 6.61 Å². The van der Waals surface area contributed by atoms with E-state index in [4.69, 9.17) is 9.47 Å². The van der Waals surface area contributed by atoms with E-state index in [9.17, 15) is 9.59 Å². The predicted molar refractivity (Wildman–Crippen MR) is 105 cm³/mol. The fourth-order valence-corrected chi connectivity index (χ4v) is 2.70. The van der Waals surface area contributed by atoms with E-state index in [2.05, 4.69) is 5.32 Å². The highest BCUT2D eigenvalue weighted by molar-refractivity contribution is 6.02. The van der Waals surface area contributed by atoms with Gasteiger partial charge in [-0.05, 0) is 30.0 Å². The minimum absolute atomic E-state index is 0.0792. The number of esters is 1. The Morgan fingerprint density at radius 3 is 2.52 bits per heavy atom. The van der Waals surface area contributed by atoms with Crippen LogP contribution in [0.1, 0.15) is 12.0 Å². The molecule has 3 aromatic rings. The molecule has 27 heavy (non-hydrogen) atoms. The number of hydrogen-bond acceptors (Lipinski definition) is 4. The van der Waals surface area contributed by atoms with Gasteiger partial charge in [0.25, 0.3) is 5.91 Å². The zero-order valence-electron chi connectivity index (χ0n) is 15.1. The molecule has 0 saturated carbocycles. The van der Waals surface area contributed by atoms with Crippen LogP contribution in [0.4, 0.5) is 5.69 Å². The van der Waals surface area contributed by atoms with Crippen LogP contribution in [0.5, 0.6) is 5.75 Å². The fourth-order valence-electron chi connectivity index (χ4n) is 2.70. The first-order valence-electron chi connectivity index (χ1n) is 8.75. The molecule has 0 radical (unpaired) electrons. The van der Waals surface area contributed by atoms with Crippen molar-refractivity contribution in [1.29, 1.82) is 0 Å². The summed E-state index contributed by atoms with van der Waals surface area (Å²) in [4.78, 5) is 23.9. The summed E-state index contributed by atoms with van der Waals surface area (Å²) in [5.74, 6) is -0.116. The first kappa shape index (κ1) is 18.5. The van der Waals surface area contributed by atoms with Crippen molar-refractivity contribution in [3.05, 3.63) is 72.3 Å². The number of rotatable bonds is 7. The van der Waals surface area contributed by atoms with Crippen molar-refractivity contribution in [3.8, 4) is 5.75 Å². The molecular weight excluding hydrogens is 342 g/mol. The van der Waals surface area contributed by atoms with Crippen molar-refractivity contribution in [1.82, 2.24) is 0 Å². The number of fused-ring (bicyclic) bond motifs is 1. The molecule has 1 N–H and O–H groups in total. The van der Waals surface area contributed by atoms with Crippen molar-refractivity contribution in [2.75, 3.05) is 18.5 Å². The molecule has 0 atom stereocenters. The van der Waals surface area contributed by atoms with Gasteiger partial charge in [0, 0.05) is 11.1 Å². The van der Waals surface area contributed by atoms with Crippen molar-refractivity contribution >= 4 is 28.3 Å². The number of ether oxygens (including phenoxy) is 2. The molecular formula is C22H21NO4. The number of para-hydroxylation sites is 1. The van der Waals surface area contributed by atoms with Crippen molar-refractivity contribution in [2.24, 2.45) is 0 Å². The summed E-state index contributed by atoms with van der Waals surface area (Å²) in [7, 11) is 0. The number of carbonyl (C=O) groups is 2. The number of amides is 1. The summed E-state index contributed by atoms with van der Waals surface area (Å²) in [6, 6.07) is 21.0. The number of aryl methyl sites for hydroxylation is 1. The zero-order chi connectivity index (χ0) is 19.1. The third-order valence-corrected chi connectivity index (χ3v) is 4.09. The van der Waals surface area contributed by atoms with Gasteiger partial charge < -0.3 is 14.8 Å². The molecule has 5 heteroatoms. The second-order valence-corrected chi connectivity index (χ2v) is 6.10. The number of carbonyl (C=O) groups excluding carboxylic acids is 2. The molecule has 0 unspecified atom stereocenters. The van der Waals surface area contributed by atoms with Crippen LogP contribution in [0.3, 0.4) is 0 Å². The van der Waals surface area contributed by atoms with E-state index >= 15 is 0 Å². The molecule has 0 fully saturated rings. The lowest BCUT2D eigenvalue weighted by molar-refractivity contribution is -0.147. The summed E-state index contributed by atoms with van der Waals surface area (Å²) in [6.07, 6.45) is 0.0792. The van der Waals surface area contributed by atoms with E-state index in [-0.39, 0.29) is 25.5 Å². The van der Waals surface area contributed by atoms with E-state index in [1.54, 1.807) is 0 Å². The summed E-state index contributed by atoms with van der Waals surface area (Å²) < 4.78 is 10.6. The molecule has 3 aromatic carbocycles. The van der Waals surface area contributed by atoms with Gasteiger partial charge in [0.1, 0.15) is 5.75 Å². The lowest BCUT2D eigenvalue weighted by atomic mass is 10.1. The average Bonchev–Trinajstić information content (AvgIpc) is 2.68. The normalized spacial score (nSPS) is 10.4. The Hall–Kier alpha value is -3.34. The molecule has 0 heterocycles. The molecule has 5 nitrogen and oxygen atoms in total. The molecule has 0 aliphatic carbocycles. The van der Waals surface area contributed by atoms with E-state index in [1.165, 1.54) is 0 Å². The van der Waals surface area contributed by atoms with E-state index in [1.807, 2.05) is 73.7 Å². The van der Waals surface area contributed by atoms with Gasteiger partial charge >= 0.3 is 5.97 Å². The number of nitrogens with one attached hydrogen (secondary N) is 1. The zero-order valence-corrected chi connectivity index (χ0v) is 15.1. The van der Waals surface area contributed by atoms with Gasteiger partial charge in [-0.2, -0.15) is 0 Å². The van der Waals surface area contributed by atoms with Crippen molar-refractivity contribution in [3.63, 3.8) is 0 Å². The minimum atomic E-state index is -0.475. The Morgan fingerprint density at radius 2 is 1.67 bits per heavy atom. The van der Waals surface area contributed by atoms with Crippen LogP contribution >= 0.6 is 0 Å². The molecule has 1 amide bonds. The minimum Gasteiger partial charge on any atom is -0.493 e. The molecule has 0 aliphatic rings. The van der Waals surface area contributed by atoms with Crippen molar-refractivity contribution < 1.29 is 19.1 Å². The van der Waals surface area contributed by atoms with Crippen LogP contribution in [-0.2, 0) is 14.3 Å². The van der Waals surface area contributed by atoms with Gasteiger partial charge in [-0.3, -0.25) is 9.59 Å². The highest BCUT2D eigenvalue weighted by Crippen LogP contribution is 2.22. The summed E-state index contributed by atoms with van der Waals surface area (Å²) in [5.41, 5.74) is 1.69. The van der Waals surface area contributed by atoms with Crippen molar-refractivity contribution in [2.45, 2.75) is 13.3 Å². The lowest BCUT2D eigenvalue weighted by Gasteiger charge is -2.10. The van der Waals surface area contributed by atoms with E-state index in [0.717, 1.165) is 22.1 Å². The maximum atomic E-state index is 12.1. The maximum Gasteiger partial charge on any atom is 0.309 e. The molecule has 0 spiro atoms. The fraction of sp³-hybridized carbons (Fsp3) is 0.182. The second-order valence-electron chi connectivity index (χ2n) is 6.10. The van der Waals surface area contributed by atoms with Gasteiger partial charge in [-0.15, -0.1) is 0 Å². The SMILES string of the molecule is Cc1ccccc1OCCC(=O)OCC(=O)Nc1cccc2ccccc12. The van der Waals surface area contributed by atoms with Crippen LogP contribution in [0.15, 0.2) is 66.7 Å². The smallest absolute Gasteiger partial charge is 0.309 e. The first-order valence-corrected chi connectivity index (χ1v) is 8.75. The molecule has 3 rings (SSSR count). The second kappa shape index (κ2) is 8.85. The Balaban J connectivity index is 1.44. The van der Waals surface area contributed by atoms with Gasteiger partial charge in [-0.25, -0.2) is 0 Å². The standard InChI is InChI=1S/C22H21NO4/c1-16-7-2-5-12-20(16)26-14-13-22(25)27-15-21(24)23-19-11-6-9-17-8-3-4-10-18(17)19/h2-12H,13-15H2,1H3,(H,23,24). The van der Waals surface area contributed by atoms with Crippen LogP contribution < -0.4 is 10.1 Å². The molecule has 138 valence electrons. The molecule has 0 aliphatic heterocycles. The quantitative estimate of drug-likeness (QED) is 0.642. The summed E-state index contributed by atoms with van der Waals surface area (Å²) in [6.45, 7) is 1.81. The third kappa shape index (κ3) is 5.07. The summed E-state index contributed by atoms with van der Waals surface area (Å²) in [5, 5.41) is 4.75.